The molecular formula is C17H19NO2. The van der Waals surface area contributed by atoms with E-state index in [0.29, 0.717) is 0 Å². The van der Waals surface area contributed by atoms with Gasteiger partial charge in [-0.05, 0) is 30.2 Å². The number of carbonyl (C=O) groups is 1. The molecule has 1 fully saturated rings. The second kappa shape index (κ2) is 5.25. The molecule has 0 amide bonds. The Kier molecular flexibility index (Phi) is 3.45. The predicted octanol–water partition coefficient (Wildman–Crippen LogP) is 3.19. The molecule has 20 heavy (non-hydrogen) atoms. The fourth-order valence-electron chi connectivity index (χ4n) is 2.91. The molecule has 0 bridgehead atoms. The van der Waals surface area contributed by atoms with Crippen molar-refractivity contribution < 1.29 is 9.53 Å². The van der Waals surface area contributed by atoms with Crippen molar-refractivity contribution in [3.05, 3.63) is 48.0 Å². The summed E-state index contributed by atoms with van der Waals surface area (Å²) in [6.45, 7) is 4.03. The molecule has 0 aromatic heterocycles. The van der Waals surface area contributed by atoms with Gasteiger partial charge in [0.25, 0.3) is 0 Å². The van der Waals surface area contributed by atoms with Gasteiger partial charge in [0, 0.05) is 12.5 Å². The van der Waals surface area contributed by atoms with Gasteiger partial charge < -0.3 is 4.74 Å². The molecule has 0 spiro atoms. The van der Waals surface area contributed by atoms with Crippen LogP contribution in [0.1, 0.15) is 31.9 Å². The Morgan fingerprint density at radius 3 is 2.70 bits per heavy atom. The van der Waals surface area contributed by atoms with Gasteiger partial charge in [-0.25, -0.2) is 0 Å². The molecule has 1 heterocycles. The molecule has 2 aromatic carbocycles. The van der Waals surface area contributed by atoms with E-state index in [4.69, 9.17) is 4.74 Å². The minimum Gasteiger partial charge on any atom is -0.461 e. The molecule has 1 saturated heterocycles. The smallest absolute Gasteiger partial charge is 0.323 e. The Morgan fingerprint density at radius 2 is 1.95 bits per heavy atom. The van der Waals surface area contributed by atoms with Gasteiger partial charge in [0.15, 0.2) is 0 Å². The van der Waals surface area contributed by atoms with Crippen molar-refractivity contribution in [1.82, 2.24) is 5.32 Å². The molecule has 1 N–H and O–H groups in total. The van der Waals surface area contributed by atoms with Crippen LogP contribution in [-0.4, -0.2) is 18.1 Å². The first-order chi connectivity index (χ1) is 9.65. The van der Waals surface area contributed by atoms with E-state index < -0.39 is 0 Å². The summed E-state index contributed by atoms with van der Waals surface area (Å²) < 4.78 is 5.20. The Morgan fingerprint density at radius 1 is 1.20 bits per heavy atom. The van der Waals surface area contributed by atoms with E-state index in [1.165, 1.54) is 16.3 Å². The number of ether oxygens (including phenoxy) is 1. The summed E-state index contributed by atoms with van der Waals surface area (Å²) >= 11 is 0. The minimum atomic E-state index is -0.195. The van der Waals surface area contributed by atoms with E-state index in [-0.39, 0.29) is 24.2 Å². The number of carbonyl (C=O) groups excluding carboxylic acids is 1. The number of nitrogens with one attached hydrogen (secondary N) is 1. The van der Waals surface area contributed by atoms with Gasteiger partial charge in [-0.2, -0.15) is 0 Å². The minimum absolute atomic E-state index is 0.0136. The van der Waals surface area contributed by atoms with Crippen molar-refractivity contribution in [3.8, 4) is 0 Å². The maximum atomic E-state index is 11.7. The maximum Gasteiger partial charge on any atom is 0.323 e. The molecule has 3 heteroatoms. The van der Waals surface area contributed by atoms with Gasteiger partial charge in [-0.1, -0.05) is 42.5 Å². The molecule has 1 aliphatic heterocycles. The second-order valence-corrected chi connectivity index (χ2v) is 5.49. The van der Waals surface area contributed by atoms with Crippen LogP contribution in [0.15, 0.2) is 42.5 Å². The largest absolute Gasteiger partial charge is 0.461 e. The summed E-state index contributed by atoms with van der Waals surface area (Å²) in [6.07, 6.45) is 0.758. The van der Waals surface area contributed by atoms with Gasteiger partial charge in [0.1, 0.15) is 12.1 Å². The van der Waals surface area contributed by atoms with Crippen LogP contribution in [0.4, 0.5) is 0 Å². The van der Waals surface area contributed by atoms with Gasteiger partial charge in [0.2, 0.25) is 0 Å². The van der Waals surface area contributed by atoms with E-state index in [0.717, 1.165) is 6.42 Å². The highest BCUT2D eigenvalue weighted by molar-refractivity contribution is 5.86. The zero-order valence-electron chi connectivity index (χ0n) is 11.8. The topological polar surface area (TPSA) is 38.3 Å². The summed E-state index contributed by atoms with van der Waals surface area (Å²) in [5.41, 5.74) is 1.22. The zero-order chi connectivity index (χ0) is 14.1. The van der Waals surface area contributed by atoms with Gasteiger partial charge >= 0.3 is 5.97 Å². The van der Waals surface area contributed by atoms with Crippen LogP contribution < -0.4 is 5.32 Å². The van der Waals surface area contributed by atoms with Gasteiger partial charge in [-0.15, -0.1) is 0 Å². The number of hydrogen-bond donors (Lipinski definition) is 1. The highest BCUT2D eigenvalue weighted by Gasteiger charge is 2.32. The number of rotatable bonds is 3. The lowest BCUT2D eigenvalue weighted by Gasteiger charge is -2.19. The van der Waals surface area contributed by atoms with Crippen LogP contribution in [0, 0.1) is 0 Å². The third kappa shape index (κ3) is 2.41. The molecular weight excluding hydrogens is 250 g/mol. The first kappa shape index (κ1) is 13.1. The van der Waals surface area contributed by atoms with Crippen LogP contribution in [0.2, 0.25) is 0 Å². The third-order valence-corrected chi connectivity index (χ3v) is 3.91. The van der Waals surface area contributed by atoms with Crippen LogP contribution in [-0.2, 0) is 9.53 Å². The number of benzene rings is 2. The highest BCUT2D eigenvalue weighted by Crippen LogP contribution is 2.26. The van der Waals surface area contributed by atoms with Gasteiger partial charge in [0.05, 0.1) is 0 Å². The normalized spacial score (nSPS) is 23.8. The van der Waals surface area contributed by atoms with E-state index in [1.807, 2.05) is 19.1 Å². The molecule has 2 aromatic rings. The van der Waals surface area contributed by atoms with Crippen molar-refractivity contribution in [2.24, 2.45) is 0 Å². The number of cyclic esters (lactones) is 1. The summed E-state index contributed by atoms with van der Waals surface area (Å²) in [5.74, 6) is -0.135. The van der Waals surface area contributed by atoms with E-state index in [2.05, 4.69) is 42.6 Å². The molecule has 1 aliphatic rings. The number of fused-ring (bicyclic) bond motifs is 1. The average molecular weight is 269 g/mol. The Labute approximate surface area is 118 Å². The predicted molar refractivity (Wildman–Crippen MR) is 79.5 cm³/mol. The van der Waals surface area contributed by atoms with Crippen LogP contribution in [0.3, 0.4) is 0 Å². The summed E-state index contributed by atoms with van der Waals surface area (Å²) in [5, 5.41) is 5.85. The highest BCUT2D eigenvalue weighted by atomic mass is 16.6. The average Bonchev–Trinajstić information content (AvgIpc) is 2.76. The monoisotopic (exact) mass is 269 g/mol. The number of hydrogen-bond acceptors (Lipinski definition) is 3. The zero-order valence-corrected chi connectivity index (χ0v) is 11.8. The molecule has 3 atom stereocenters. The van der Waals surface area contributed by atoms with Crippen molar-refractivity contribution in [2.45, 2.75) is 38.5 Å². The molecule has 3 nitrogen and oxygen atoms in total. The Bertz CT molecular complexity index is 632. The van der Waals surface area contributed by atoms with E-state index in [9.17, 15) is 4.79 Å². The quantitative estimate of drug-likeness (QED) is 0.870. The number of esters is 1. The first-order valence-corrected chi connectivity index (χ1v) is 7.09. The standard InChI is InChI=1S/C17H19NO2/c1-11-10-16(17(19)20-11)18-12(2)14-9-5-7-13-6-3-4-8-15(13)14/h3-9,11-12,16,18H,10H2,1-2H3/t11-,12+,16+/m1/s1. The fraction of sp³-hybridized carbons (Fsp3) is 0.353. The molecule has 0 aliphatic carbocycles. The van der Waals surface area contributed by atoms with Crippen LogP contribution in [0.5, 0.6) is 0 Å². The lowest BCUT2D eigenvalue weighted by atomic mass is 9.99. The van der Waals surface area contributed by atoms with Crippen molar-refractivity contribution in [1.29, 1.82) is 0 Å². The molecule has 104 valence electrons. The molecule has 3 rings (SSSR count). The maximum absolute atomic E-state index is 11.7. The Balaban J connectivity index is 1.86. The summed E-state index contributed by atoms with van der Waals surface area (Å²) in [6, 6.07) is 14.5. The van der Waals surface area contributed by atoms with Crippen molar-refractivity contribution >= 4 is 16.7 Å². The van der Waals surface area contributed by atoms with Gasteiger partial charge in [-0.3, -0.25) is 10.1 Å². The SMILES string of the molecule is C[C@@H]1C[C@H](N[C@@H](C)c2cccc3ccccc23)C(=O)O1. The lowest BCUT2D eigenvalue weighted by molar-refractivity contribution is -0.142. The molecule has 0 radical (unpaired) electrons. The van der Waals surface area contributed by atoms with Crippen LogP contribution >= 0.6 is 0 Å². The lowest BCUT2D eigenvalue weighted by Crippen LogP contribution is -2.35. The van der Waals surface area contributed by atoms with Crippen molar-refractivity contribution in [3.63, 3.8) is 0 Å². The van der Waals surface area contributed by atoms with Crippen molar-refractivity contribution in [2.75, 3.05) is 0 Å². The fourth-order valence-corrected chi connectivity index (χ4v) is 2.91. The Hall–Kier alpha value is -1.87. The summed E-state index contributed by atoms with van der Waals surface area (Å²) in [7, 11) is 0. The van der Waals surface area contributed by atoms with E-state index >= 15 is 0 Å². The molecule has 0 saturated carbocycles. The van der Waals surface area contributed by atoms with E-state index in [1.54, 1.807) is 0 Å². The third-order valence-electron chi connectivity index (χ3n) is 3.91. The first-order valence-electron chi connectivity index (χ1n) is 7.09. The van der Waals surface area contributed by atoms with Crippen LogP contribution in [0.25, 0.3) is 10.8 Å². The second-order valence-electron chi connectivity index (χ2n) is 5.49. The summed E-state index contributed by atoms with van der Waals surface area (Å²) in [4.78, 5) is 11.7. The molecule has 0 unspecified atom stereocenters.